The normalized spacial score (nSPS) is 9.44. The Kier molecular flexibility index (Phi) is 9.69. The first kappa shape index (κ1) is 12.5. The Morgan fingerprint density at radius 3 is 1.67 bits per heavy atom. The first-order chi connectivity index (χ1) is 3.91. The van der Waals surface area contributed by atoms with Gasteiger partial charge in [-0.2, -0.15) is 0 Å². The maximum absolute atomic E-state index is 8.88. The fraction of sp³-hybridized carbons (Fsp3) is 0.333. The van der Waals surface area contributed by atoms with Crippen LogP contribution in [0.2, 0.25) is 3.67 Å². The molecule has 4 nitrogen and oxygen atoms in total. The van der Waals surface area contributed by atoms with Crippen molar-refractivity contribution in [3.63, 3.8) is 0 Å². The monoisotopic (exact) mass is 162 g/mol. The van der Waals surface area contributed by atoms with E-state index in [1.807, 2.05) is 6.08 Å². The fourth-order valence-corrected chi connectivity index (χ4v) is 0. The molecule has 0 saturated heterocycles. The van der Waals surface area contributed by atoms with Crippen LogP contribution in [-0.4, -0.2) is 42.6 Å². The average Bonchev–Trinajstić information content (AvgIpc) is 1.61. The quantitative estimate of drug-likeness (QED) is 0.284. The van der Waals surface area contributed by atoms with Crippen molar-refractivity contribution in [2.45, 2.75) is 3.67 Å². The first-order valence-corrected chi connectivity index (χ1v) is 5.29. The van der Waals surface area contributed by atoms with Crippen LogP contribution in [0.4, 0.5) is 0 Å². The summed E-state index contributed by atoms with van der Waals surface area (Å²) in [5.74, 6) is 0. The Bertz CT molecular complexity index is 100. The van der Waals surface area contributed by atoms with Crippen molar-refractivity contribution in [1.29, 1.82) is 0 Å². The van der Waals surface area contributed by atoms with Gasteiger partial charge in [0.05, 0.1) is 0 Å². The second-order valence-electron chi connectivity index (χ2n) is 1.21. The van der Waals surface area contributed by atoms with E-state index in [1.165, 1.54) is 31.6 Å². The van der Waals surface area contributed by atoms with Gasteiger partial charge in [-0.15, -0.1) is 0 Å². The molecule has 0 aromatic heterocycles. The van der Waals surface area contributed by atoms with Crippen LogP contribution in [0.15, 0.2) is 12.7 Å². The zero-order chi connectivity index (χ0) is 7.91. The Hall–Kier alpha value is 0.850. The zero-order valence-corrected chi connectivity index (χ0v) is 8.08. The van der Waals surface area contributed by atoms with Gasteiger partial charge in [0.1, 0.15) is 0 Å². The summed E-state index contributed by atoms with van der Waals surface area (Å²) < 4.78 is 10.1. The number of hydrogen-bond donors (Lipinski definition) is 3. The molecular weight excluding hydrogens is 154 g/mol. The Morgan fingerprint density at radius 2 is 1.67 bits per heavy atom. The second-order valence-corrected chi connectivity index (χ2v) is 3.05. The van der Waals surface area contributed by atoms with Crippen molar-refractivity contribution in [2.75, 3.05) is 0 Å². The van der Waals surface area contributed by atoms with Gasteiger partial charge >= 0.3 is 52.1 Å². The molecule has 0 amide bonds. The molecule has 0 heterocycles. The minimum Gasteiger partial charge on any atom is -0.303 e. The molecule has 0 aliphatic rings. The van der Waals surface area contributed by atoms with Gasteiger partial charge in [0.2, 0.25) is 0 Å². The maximum Gasteiger partial charge on any atom is 0.466 e. The molecule has 0 rings (SSSR count). The van der Waals surface area contributed by atoms with E-state index in [2.05, 4.69) is 6.58 Å². The molecule has 0 aliphatic carbocycles. The molecule has 0 spiro atoms. The molecule has 3 N–H and O–H groups in total. The SMILES string of the molecule is C=C[CH2][Na].O=P(O)(O)O. The van der Waals surface area contributed by atoms with Crippen molar-refractivity contribution in [3.8, 4) is 0 Å². The van der Waals surface area contributed by atoms with Gasteiger partial charge in [0.25, 0.3) is 0 Å². The van der Waals surface area contributed by atoms with Crippen LogP contribution in [0.1, 0.15) is 0 Å². The average molecular weight is 162 g/mol. The summed E-state index contributed by atoms with van der Waals surface area (Å²) in [4.78, 5) is 21.6. The van der Waals surface area contributed by atoms with Gasteiger partial charge < -0.3 is 14.7 Å². The number of phosphoric acid groups is 1. The van der Waals surface area contributed by atoms with E-state index in [1.54, 1.807) is 0 Å². The van der Waals surface area contributed by atoms with E-state index in [4.69, 9.17) is 19.2 Å². The van der Waals surface area contributed by atoms with Gasteiger partial charge in [-0.25, -0.2) is 4.57 Å². The summed E-state index contributed by atoms with van der Waals surface area (Å²) in [6.07, 6.45) is 1.94. The topological polar surface area (TPSA) is 77.8 Å². The smallest absolute Gasteiger partial charge is 0.303 e. The largest absolute Gasteiger partial charge is 0.466 e. The van der Waals surface area contributed by atoms with Crippen LogP contribution in [-0.2, 0) is 4.57 Å². The maximum atomic E-state index is 8.88. The molecule has 9 heavy (non-hydrogen) atoms. The second kappa shape index (κ2) is 6.96. The third kappa shape index (κ3) is 121. The molecule has 0 aliphatic heterocycles. The van der Waals surface area contributed by atoms with E-state index in [9.17, 15) is 0 Å². The van der Waals surface area contributed by atoms with Crippen LogP contribution in [0.25, 0.3) is 0 Å². The van der Waals surface area contributed by atoms with Gasteiger partial charge in [0, 0.05) is 0 Å². The number of allylic oxidation sites excluding steroid dienone is 1. The molecule has 0 radical (unpaired) electrons. The first-order valence-electron chi connectivity index (χ1n) is 2.31. The molecule has 0 aromatic carbocycles. The van der Waals surface area contributed by atoms with Crippen LogP contribution >= 0.6 is 7.82 Å². The summed E-state index contributed by atoms with van der Waals surface area (Å²) in [6, 6.07) is 0. The van der Waals surface area contributed by atoms with Crippen molar-refractivity contribution < 1.29 is 19.2 Å². The molecule has 0 fully saturated rings. The van der Waals surface area contributed by atoms with Crippen molar-refractivity contribution in [2.24, 2.45) is 0 Å². The van der Waals surface area contributed by atoms with E-state index in [0.29, 0.717) is 0 Å². The summed E-state index contributed by atoms with van der Waals surface area (Å²) in [6.45, 7) is 3.51. The fourth-order valence-electron chi connectivity index (χ4n) is 0. The van der Waals surface area contributed by atoms with Gasteiger partial charge in [0.15, 0.2) is 0 Å². The Labute approximate surface area is 71.3 Å². The van der Waals surface area contributed by atoms with E-state index >= 15 is 0 Å². The standard InChI is InChI=1S/C3H5.Na.H3O4P/c1-3-2;;1-5(2,3)4/h3H,1-2H2;;(H3,1,2,3,4). The summed E-state index contributed by atoms with van der Waals surface area (Å²) in [5, 5.41) is 0. The van der Waals surface area contributed by atoms with E-state index in [0.717, 1.165) is 0 Å². The zero-order valence-electron chi connectivity index (χ0n) is 5.19. The van der Waals surface area contributed by atoms with E-state index in [-0.39, 0.29) is 0 Å². The molecule has 0 atom stereocenters. The molecule has 0 aromatic rings. The minimum absolute atomic E-state index is 1.22. The van der Waals surface area contributed by atoms with Crippen molar-refractivity contribution >= 4 is 35.8 Å². The molecule has 0 saturated carbocycles. The van der Waals surface area contributed by atoms with Crippen LogP contribution in [0, 0.1) is 0 Å². The van der Waals surface area contributed by atoms with E-state index < -0.39 is 7.82 Å². The molecule has 0 unspecified atom stereocenters. The minimum atomic E-state index is -4.64. The summed E-state index contributed by atoms with van der Waals surface area (Å²) >= 11 is 1.27. The van der Waals surface area contributed by atoms with Gasteiger partial charge in [-0.1, -0.05) is 0 Å². The number of rotatable bonds is 1. The van der Waals surface area contributed by atoms with Gasteiger partial charge in [-0.05, 0) is 0 Å². The summed E-state index contributed by atoms with van der Waals surface area (Å²) in [5.41, 5.74) is 0. The molecular formula is C3H8NaO4P. The van der Waals surface area contributed by atoms with Crippen molar-refractivity contribution in [3.05, 3.63) is 12.7 Å². The molecule has 6 heteroatoms. The van der Waals surface area contributed by atoms with Gasteiger partial charge in [-0.3, -0.25) is 0 Å². The summed E-state index contributed by atoms with van der Waals surface area (Å²) in [7, 11) is -4.64. The Balaban J connectivity index is 0. The van der Waals surface area contributed by atoms with Crippen LogP contribution in [0.3, 0.4) is 0 Å². The molecule has 0 bridgehead atoms. The van der Waals surface area contributed by atoms with Crippen molar-refractivity contribution in [1.82, 2.24) is 0 Å². The Morgan fingerprint density at radius 1 is 1.56 bits per heavy atom. The number of hydrogen-bond acceptors (Lipinski definition) is 1. The van der Waals surface area contributed by atoms with Crippen LogP contribution in [0.5, 0.6) is 0 Å². The molecule has 50 valence electrons. The third-order valence-electron chi connectivity index (χ3n) is 0.289. The predicted octanol–water partition coefficient (Wildman–Crippen LogP) is -0.169. The predicted molar refractivity (Wildman–Crippen MR) is 35.0 cm³/mol. The third-order valence-corrected chi connectivity index (χ3v) is 0.866. The van der Waals surface area contributed by atoms with Crippen LogP contribution < -0.4 is 0 Å².